The summed E-state index contributed by atoms with van der Waals surface area (Å²) in [6.07, 6.45) is 5.43. The van der Waals surface area contributed by atoms with Crippen molar-refractivity contribution in [1.82, 2.24) is 4.98 Å². The van der Waals surface area contributed by atoms with Gasteiger partial charge in [0, 0.05) is 23.5 Å². The molecular formula is C19H13N3. The molecular weight excluding hydrogens is 270 g/mol. The van der Waals surface area contributed by atoms with E-state index in [1.165, 1.54) is 11.1 Å². The maximum atomic E-state index is 4.45. The maximum absolute atomic E-state index is 4.45. The van der Waals surface area contributed by atoms with Crippen LogP contribution >= 0.6 is 0 Å². The number of benzene rings is 2. The molecule has 0 N–H and O–H groups in total. The van der Waals surface area contributed by atoms with Crippen molar-refractivity contribution in [2.24, 2.45) is 10.2 Å². The molecule has 0 atom stereocenters. The van der Waals surface area contributed by atoms with E-state index < -0.39 is 0 Å². The number of hydrogen-bond donors (Lipinski definition) is 0. The lowest BCUT2D eigenvalue weighted by atomic mass is 10.1. The summed E-state index contributed by atoms with van der Waals surface area (Å²) in [5, 5.41) is 8.70. The summed E-state index contributed by atoms with van der Waals surface area (Å²) < 4.78 is 0. The standard InChI is InChI=1S/C19H13N3/c1-2-6-14(7-3-1)12-21-22-19-17-9-5-4-8-15(17)16-10-11-20-13-18(16)19/h1-13H/b21-12+,22-19-. The van der Waals surface area contributed by atoms with Crippen LogP contribution in [0.25, 0.3) is 11.1 Å². The molecule has 3 nitrogen and oxygen atoms in total. The van der Waals surface area contributed by atoms with Gasteiger partial charge in [-0.1, -0.05) is 54.6 Å². The van der Waals surface area contributed by atoms with Gasteiger partial charge in [-0.05, 0) is 22.8 Å². The van der Waals surface area contributed by atoms with Gasteiger partial charge in [-0.25, -0.2) is 0 Å². The van der Waals surface area contributed by atoms with Crippen LogP contribution in [-0.2, 0) is 0 Å². The topological polar surface area (TPSA) is 37.6 Å². The Hall–Kier alpha value is -3.07. The SMILES string of the molecule is C(=N\N=C1\c2ccccc2-c2ccncc21)/c1ccccc1. The van der Waals surface area contributed by atoms with Crippen molar-refractivity contribution >= 4 is 11.9 Å². The van der Waals surface area contributed by atoms with Crippen LogP contribution in [0.4, 0.5) is 0 Å². The number of hydrogen-bond acceptors (Lipinski definition) is 3. The third-order valence-corrected chi connectivity index (χ3v) is 3.71. The molecule has 0 unspecified atom stereocenters. The molecule has 1 aromatic heterocycles. The second-order valence-electron chi connectivity index (χ2n) is 5.07. The largest absolute Gasteiger partial charge is 0.264 e. The van der Waals surface area contributed by atoms with Gasteiger partial charge < -0.3 is 0 Å². The van der Waals surface area contributed by atoms with E-state index in [0.29, 0.717) is 0 Å². The maximum Gasteiger partial charge on any atom is 0.103 e. The number of rotatable bonds is 2. The van der Waals surface area contributed by atoms with E-state index in [4.69, 9.17) is 0 Å². The van der Waals surface area contributed by atoms with Crippen molar-refractivity contribution < 1.29 is 0 Å². The molecule has 3 aromatic rings. The van der Waals surface area contributed by atoms with Crippen LogP contribution in [0.2, 0.25) is 0 Å². The highest BCUT2D eigenvalue weighted by Gasteiger charge is 2.24. The summed E-state index contributed by atoms with van der Waals surface area (Å²) >= 11 is 0. The lowest BCUT2D eigenvalue weighted by molar-refractivity contribution is 1.24. The zero-order valence-electron chi connectivity index (χ0n) is 11.8. The molecule has 1 heterocycles. The van der Waals surface area contributed by atoms with E-state index in [1.807, 2.05) is 60.9 Å². The van der Waals surface area contributed by atoms with Crippen LogP contribution in [0, 0.1) is 0 Å². The number of aromatic nitrogens is 1. The zero-order valence-corrected chi connectivity index (χ0v) is 11.8. The van der Waals surface area contributed by atoms with E-state index >= 15 is 0 Å². The second kappa shape index (κ2) is 5.37. The zero-order chi connectivity index (χ0) is 14.8. The van der Waals surface area contributed by atoms with Gasteiger partial charge in [0.05, 0.1) is 6.21 Å². The summed E-state index contributed by atoms with van der Waals surface area (Å²) in [6, 6.07) is 20.2. The predicted molar refractivity (Wildman–Crippen MR) is 89.3 cm³/mol. The molecule has 104 valence electrons. The molecule has 0 spiro atoms. The van der Waals surface area contributed by atoms with E-state index in [2.05, 4.69) is 27.3 Å². The van der Waals surface area contributed by atoms with Crippen LogP contribution in [0.1, 0.15) is 16.7 Å². The Morgan fingerprint density at radius 1 is 0.727 bits per heavy atom. The predicted octanol–water partition coefficient (Wildman–Crippen LogP) is 3.93. The van der Waals surface area contributed by atoms with Gasteiger partial charge in [-0.15, -0.1) is 5.10 Å². The molecule has 0 radical (unpaired) electrons. The van der Waals surface area contributed by atoms with Crippen molar-refractivity contribution in [2.45, 2.75) is 0 Å². The molecule has 1 aliphatic rings. The first-order valence-electron chi connectivity index (χ1n) is 7.14. The van der Waals surface area contributed by atoms with Gasteiger partial charge in [-0.2, -0.15) is 5.10 Å². The van der Waals surface area contributed by atoms with Crippen LogP contribution in [0.3, 0.4) is 0 Å². The minimum atomic E-state index is 0.880. The second-order valence-corrected chi connectivity index (χ2v) is 5.07. The fourth-order valence-electron chi connectivity index (χ4n) is 2.69. The summed E-state index contributed by atoms with van der Waals surface area (Å²) in [6.45, 7) is 0. The fourth-order valence-corrected chi connectivity index (χ4v) is 2.69. The first-order chi connectivity index (χ1) is 10.9. The van der Waals surface area contributed by atoms with Crippen molar-refractivity contribution in [3.63, 3.8) is 0 Å². The van der Waals surface area contributed by atoms with Crippen LogP contribution in [0.5, 0.6) is 0 Å². The van der Waals surface area contributed by atoms with Crippen molar-refractivity contribution in [1.29, 1.82) is 0 Å². The van der Waals surface area contributed by atoms with Gasteiger partial charge in [0.2, 0.25) is 0 Å². The number of fused-ring (bicyclic) bond motifs is 3. The monoisotopic (exact) mass is 283 g/mol. The minimum Gasteiger partial charge on any atom is -0.264 e. The lowest BCUT2D eigenvalue weighted by Crippen LogP contribution is -1.97. The molecule has 3 heteroatoms. The molecule has 0 saturated carbocycles. The first kappa shape index (κ1) is 12.7. The third-order valence-electron chi connectivity index (χ3n) is 3.71. The molecule has 0 amide bonds. The summed E-state index contributed by atoms with van der Waals surface area (Å²) in [7, 11) is 0. The van der Waals surface area contributed by atoms with Gasteiger partial charge in [0.1, 0.15) is 5.71 Å². The summed E-state index contributed by atoms with van der Waals surface area (Å²) in [5.41, 5.74) is 6.41. The molecule has 0 bridgehead atoms. The first-order valence-corrected chi connectivity index (χ1v) is 7.14. The Labute approximate surface area is 128 Å². The van der Waals surface area contributed by atoms with E-state index in [9.17, 15) is 0 Å². The number of pyridine rings is 1. The van der Waals surface area contributed by atoms with Crippen LogP contribution in [-0.4, -0.2) is 16.9 Å². The molecule has 0 fully saturated rings. The van der Waals surface area contributed by atoms with Gasteiger partial charge in [-0.3, -0.25) is 4.98 Å². The quantitative estimate of drug-likeness (QED) is 0.405. The Kier molecular flexibility index (Phi) is 3.09. The lowest BCUT2D eigenvalue weighted by Gasteiger charge is -1.97. The van der Waals surface area contributed by atoms with Gasteiger partial charge in [0.25, 0.3) is 0 Å². The van der Waals surface area contributed by atoms with E-state index in [1.54, 1.807) is 6.21 Å². The van der Waals surface area contributed by atoms with Crippen molar-refractivity contribution in [3.05, 3.63) is 89.7 Å². The number of nitrogens with zero attached hydrogens (tertiary/aromatic N) is 3. The minimum absolute atomic E-state index is 0.880. The highest BCUT2D eigenvalue weighted by atomic mass is 15.2. The van der Waals surface area contributed by atoms with Crippen LogP contribution < -0.4 is 0 Å². The Morgan fingerprint density at radius 2 is 1.45 bits per heavy atom. The molecule has 0 saturated heterocycles. The molecule has 22 heavy (non-hydrogen) atoms. The average molecular weight is 283 g/mol. The normalized spacial score (nSPS) is 14.3. The highest BCUT2D eigenvalue weighted by molar-refractivity contribution is 6.24. The van der Waals surface area contributed by atoms with E-state index in [-0.39, 0.29) is 0 Å². The molecule has 2 aromatic carbocycles. The van der Waals surface area contributed by atoms with E-state index in [0.717, 1.165) is 22.4 Å². The summed E-state index contributed by atoms with van der Waals surface area (Å²) in [5.74, 6) is 0. The fraction of sp³-hybridized carbons (Fsp3) is 0. The Morgan fingerprint density at radius 3 is 2.32 bits per heavy atom. The molecule has 0 aliphatic heterocycles. The molecule has 4 rings (SSSR count). The highest BCUT2D eigenvalue weighted by Crippen LogP contribution is 2.36. The van der Waals surface area contributed by atoms with Gasteiger partial charge >= 0.3 is 0 Å². The van der Waals surface area contributed by atoms with Crippen molar-refractivity contribution in [2.75, 3.05) is 0 Å². The molecule has 1 aliphatic carbocycles. The Balaban J connectivity index is 1.78. The third kappa shape index (κ3) is 2.13. The Bertz CT molecular complexity index is 832. The van der Waals surface area contributed by atoms with Gasteiger partial charge in [0.15, 0.2) is 0 Å². The van der Waals surface area contributed by atoms with Crippen LogP contribution in [0.15, 0.2) is 83.3 Å². The average Bonchev–Trinajstić information content (AvgIpc) is 2.91. The smallest absolute Gasteiger partial charge is 0.103 e. The van der Waals surface area contributed by atoms with Crippen molar-refractivity contribution in [3.8, 4) is 11.1 Å². The summed E-state index contributed by atoms with van der Waals surface area (Å²) in [4.78, 5) is 4.22.